The summed E-state index contributed by atoms with van der Waals surface area (Å²) in [6.07, 6.45) is -2.78. The summed E-state index contributed by atoms with van der Waals surface area (Å²) < 4.78 is 39.3. The minimum atomic E-state index is -4.30. The Labute approximate surface area is 142 Å². The summed E-state index contributed by atoms with van der Waals surface area (Å²) in [5.41, 5.74) is 0. The molecule has 1 fully saturated rings. The highest BCUT2D eigenvalue weighted by Gasteiger charge is 2.46. The van der Waals surface area contributed by atoms with Crippen LogP contribution in [0.4, 0.5) is 13.2 Å². The van der Waals surface area contributed by atoms with Crippen molar-refractivity contribution >= 4 is 23.2 Å². The van der Waals surface area contributed by atoms with Gasteiger partial charge < -0.3 is 10.6 Å². The fraction of sp³-hybridized carbons (Fsp3) is 0.625. The van der Waals surface area contributed by atoms with Gasteiger partial charge in [0.2, 0.25) is 11.8 Å². The Morgan fingerprint density at radius 2 is 2.04 bits per heavy atom. The Morgan fingerprint density at radius 3 is 2.62 bits per heavy atom. The molecular weight excluding hydrogens is 341 g/mol. The van der Waals surface area contributed by atoms with Gasteiger partial charge in [-0.1, -0.05) is 18.9 Å². The molecule has 4 nitrogen and oxygen atoms in total. The molecule has 1 heterocycles. The summed E-state index contributed by atoms with van der Waals surface area (Å²) >= 11 is 1.39. The molecule has 2 amide bonds. The first-order chi connectivity index (χ1) is 11.3. The molecule has 0 saturated heterocycles. The maximum absolute atomic E-state index is 13.1. The third-order valence-electron chi connectivity index (χ3n) is 4.19. The lowest BCUT2D eigenvalue weighted by atomic mass is 9.84. The molecule has 0 bridgehead atoms. The third kappa shape index (κ3) is 5.22. The lowest BCUT2D eigenvalue weighted by molar-refractivity contribution is -0.189. The second-order valence-corrected chi connectivity index (χ2v) is 7.06. The van der Waals surface area contributed by atoms with Crippen molar-refractivity contribution in [1.29, 1.82) is 0 Å². The van der Waals surface area contributed by atoms with Gasteiger partial charge in [0.25, 0.3) is 0 Å². The molecule has 3 unspecified atom stereocenters. The summed E-state index contributed by atoms with van der Waals surface area (Å²) in [5, 5.41) is 7.04. The largest absolute Gasteiger partial charge is 0.393 e. The number of carbonyl (C=O) groups is 2. The molecule has 0 radical (unpaired) electrons. The smallest absolute Gasteiger partial charge is 0.353 e. The van der Waals surface area contributed by atoms with E-state index in [4.69, 9.17) is 0 Å². The van der Waals surface area contributed by atoms with Crippen LogP contribution < -0.4 is 10.6 Å². The van der Waals surface area contributed by atoms with Gasteiger partial charge in [0.15, 0.2) is 0 Å². The Bertz CT molecular complexity index is 560. The van der Waals surface area contributed by atoms with Gasteiger partial charge in [0.05, 0.1) is 18.4 Å². The number of alkyl halides is 3. The maximum atomic E-state index is 13.1. The van der Waals surface area contributed by atoms with Gasteiger partial charge in [0, 0.05) is 17.8 Å². The lowest BCUT2D eigenvalue weighted by Crippen LogP contribution is -2.48. The fourth-order valence-corrected chi connectivity index (χ4v) is 3.88. The molecule has 2 rings (SSSR count). The molecule has 134 valence electrons. The standard InChI is InChI=1S/C16H21F3N2O2S/c1-10(22)20-13(14-7-4-8-24-14)9-15(23)21-12-6-3-2-5-11(12)16(17,18)19/h4,7-8,11-13H,2-3,5-6,9H2,1H3,(H,20,22)(H,21,23). The van der Waals surface area contributed by atoms with Crippen LogP contribution in [0, 0.1) is 5.92 Å². The summed E-state index contributed by atoms with van der Waals surface area (Å²) in [5.74, 6) is -2.24. The van der Waals surface area contributed by atoms with Crippen LogP contribution in [-0.4, -0.2) is 24.0 Å². The highest BCUT2D eigenvalue weighted by molar-refractivity contribution is 7.10. The van der Waals surface area contributed by atoms with E-state index in [0.717, 1.165) is 4.88 Å². The maximum Gasteiger partial charge on any atom is 0.393 e. The Balaban J connectivity index is 2.00. The first-order valence-electron chi connectivity index (χ1n) is 7.94. The molecule has 3 atom stereocenters. The van der Waals surface area contributed by atoms with Crippen LogP contribution in [0.25, 0.3) is 0 Å². The van der Waals surface area contributed by atoms with Gasteiger partial charge in [-0.3, -0.25) is 9.59 Å². The monoisotopic (exact) mass is 362 g/mol. The van der Waals surface area contributed by atoms with Crippen LogP contribution in [0.1, 0.15) is 49.9 Å². The molecule has 0 aromatic carbocycles. The molecule has 0 aliphatic heterocycles. The van der Waals surface area contributed by atoms with Crippen LogP contribution >= 0.6 is 11.3 Å². The van der Waals surface area contributed by atoms with Crippen LogP contribution in [0.15, 0.2) is 17.5 Å². The van der Waals surface area contributed by atoms with Crippen LogP contribution in [0.3, 0.4) is 0 Å². The van der Waals surface area contributed by atoms with Crippen LogP contribution in [0.2, 0.25) is 0 Å². The first kappa shape index (κ1) is 18.8. The SMILES string of the molecule is CC(=O)NC(CC(=O)NC1CCCCC1C(F)(F)F)c1cccs1. The Morgan fingerprint density at radius 1 is 1.33 bits per heavy atom. The van der Waals surface area contributed by atoms with E-state index in [1.54, 1.807) is 12.1 Å². The number of nitrogens with one attached hydrogen (secondary N) is 2. The van der Waals surface area contributed by atoms with Gasteiger partial charge in [0.1, 0.15) is 0 Å². The lowest BCUT2D eigenvalue weighted by Gasteiger charge is -2.33. The van der Waals surface area contributed by atoms with Crippen molar-refractivity contribution in [3.63, 3.8) is 0 Å². The number of amides is 2. The Kier molecular flexibility index (Phi) is 6.26. The van der Waals surface area contributed by atoms with E-state index in [2.05, 4.69) is 10.6 Å². The van der Waals surface area contributed by atoms with Crippen molar-refractivity contribution in [3.05, 3.63) is 22.4 Å². The van der Waals surface area contributed by atoms with E-state index in [-0.39, 0.29) is 18.7 Å². The third-order valence-corrected chi connectivity index (χ3v) is 5.17. The number of hydrogen-bond acceptors (Lipinski definition) is 3. The summed E-state index contributed by atoms with van der Waals surface area (Å²) in [4.78, 5) is 24.4. The average Bonchev–Trinajstić information content (AvgIpc) is 2.99. The molecule has 1 aromatic rings. The van der Waals surface area contributed by atoms with Gasteiger partial charge in [-0.15, -0.1) is 11.3 Å². The highest BCUT2D eigenvalue weighted by Crippen LogP contribution is 2.37. The number of halogens is 3. The first-order valence-corrected chi connectivity index (χ1v) is 8.82. The van der Waals surface area contributed by atoms with Crippen molar-refractivity contribution < 1.29 is 22.8 Å². The summed E-state index contributed by atoms with van der Waals surface area (Å²) in [6, 6.07) is 2.19. The Hall–Kier alpha value is -1.57. The highest BCUT2D eigenvalue weighted by atomic mass is 32.1. The fourth-order valence-electron chi connectivity index (χ4n) is 3.10. The quantitative estimate of drug-likeness (QED) is 0.842. The molecule has 1 aliphatic rings. The van der Waals surface area contributed by atoms with Crippen molar-refractivity contribution in [2.75, 3.05) is 0 Å². The van der Waals surface area contributed by atoms with E-state index in [9.17, 15) is 22.8 Å². The molecule has 8 heteroatoms. The van der Waals surface area contributed by atoms with Crippen molar-refractivity contribution in [1.82, 2.24) is 10.6 Å². The topological polar surface area (TPSA) is 58.2 Å². The van der Waals surface area contributed by atoms with Gasteiger partial charge >= 0.3 is 6.18 Å². The van der Waals surface area contributed by atoms with Crippen LogP contribution in [-0.2, 0) is 9.59 Å². The average molecular weight is 362 g/mol. The predicted octanol–water partition coefficient (Wildman–Crippen LogP) is 3.55. The predicted molar refractivity (Wildman–Crippen MR) is 85.4 cm³/mol. The van der Waals surface area contributed by atoms with Crippen LogP contribution in [0.5, 0.6) is 0 Å². The molecule has 1 aliphatic carbocycles. The number of rotatable bonds is 5. The number of carbonyl (C=O) groups excluding carboxylic acids is 2. The van der Waals surface area contributed by atoms with Gasteiger partial charge in [-0.25, -0.2) is 0 Å². The number of hydrogen-bond donors (Lipinski definition) is 2. The van der Waals surface area contributed by atoms with Crippen molar-refractivity contribution in [2.45, 2.75) is 57.3 Å². The number of thiophene rings is 1. The van der Waals surface area contributed by atoms with E-state index in [1.807, 2.05) is 5.38 Å². The van der Waals surface area contributed by atoms with Crippen molar-refractivity contribution in [3.8, 4) is 0 Å². The molecule has 2 N–H and O–H groups in total. The van der Waals surface area contributed by atoms with E-state index in [1.165, 1.54) is 18.3 Å². The second kappa shape index (κ2) is 8.00. The summed E-state index contributed by atoms with van der Waals surface area (Å²) in [6.45, 7) is 1.35. The van der Waals surface area contributed by atoms with E-state index < -0.39 is 30.1 Å². The molecule has 0 spiro atoms. The van der Waals surface area contributed by atoms with Gasteiger partial charge in [-0.05, 0) is 24.3 Å². The normalized spacial score (nSPS) is 22.7. The molecule has 1 aromatic heterocycles. The molecular formula is C16H21F3N2O2S. The zero-order valence-electron chi connectivity index (χ0n) is 13.4. The zero-order valence-corrected chi connectivity index (χ0v) is 14.2. The van der Waals surface area contributed by atoms with E-state index >= 15 is 0 Å². The minimum absolute atomic E-state index is 0.0501. The van der Waals surface area contributed by atoms with Crippen molar-refractivity contribution in [2.24, 2.45) is 5.92 Å². The summed E-state index contributed by atoms with van der Waals surface area (Å²) in [7, 11) is 0. The molecule has 1 saturated carbocycles. The minimum Gasteiger partial charge on any atom is -0.353 e. The van der Waals surface area contributed by atoms with Gasteiger partial charge in [-0.2, -0.15) is 13.2 Å². The zero-order chi connectivity index (χ0) is 17.7. The second-order valence-electron chi connectivity index (χ2n) is 6.08. The molecule has 24 heavy (non-hydrogen) atoms. The van der Waals surface area contributed by atoms with E-state index in [0.29, 0.717) is 19.3 Å².